The number of carbonyl (C=O) groups excluding carboxylic acids is 2. The van der Waals surface area contributed by atoms with E-state index >= 15 is 0 Å². The van der Waals surface area contributed by atoms with E-state index in [-0.39, 0.29) is 18.5 Å². The van der Waals surface area contributed by atoms with E-state index in [0.29, 0.717) is 43.1 Å². The number of Topliss-reactive ketones (excluding diaryl/α,β-unsaturated/α-hetero) is 1. The number of hydrogen-bond donors (Lipinski definition) is 0. The van der Waals surface area contributed by atoms with E-state index in [0.717, 1.165) is 0 Å². The van der Waals surface area contributed by atoms with Gasteiger partial charge in [-0.1, -0.05) is 6.92 Å². The summed E-state index contributed by atoms with van der Waals surface area (Å²) in [5, 5.41) is 0. The number of carbonyl (C=O) groups is 2. The minimum atomic E-state index is -0.544. The van der Waals surface area contributed by atoms with Crippen LogP contribution in [0, 0.1) is 5.41 Å². The van der Waals surface area contributed by atoms with Gasteiger partial charge in [0, 0.05) is 25.8 Å². The quantitative estimate of drug-likeness (QED) is 0.791. The van der Waals surface area contributed by atoms with Crippen molar-refractivity contribution in [1.82, 2.24) is 4.90 Å². The van der Waals surface area contributed by atoms with Crippen LogP contribution in [0.25, 0.3) is 0 Å². The lowest BCUT2D eigenvalue weighted by molar-refractivity contribution is -0.146. The van der Waals surface area contributed by atoms with Gasteiger partial charge in [-0.25, -0.2) is 0 Å². The van der Waals surface area contributed by atoms with Crippen LogP contribution in [0.5, 0.6) is 11.5 Å². The Morgan fingerprint density at radius 3 is 2.54 bits per heavy atom. The highest BCUT2D eigenvalue weighted by molar-refractivity contribution is 6.02. The lowest BCUT2D eigenvalue weighted by atomic mass is 9.80. The Hall–Kier alpha value is -2.08. The van der Waals surface area contributed by atoms with Crippen molar-refractivity contribution in [2.24, 2.45) is 5.41 Å². The van der Waals surface area contributed by atoms with Crippen molar-refractivity contribution in [2.45, 2.75) is 32.7 Å². The summed E-state index contributed by atoms with van der Waals surface area (Å²) in [6, 6.07) is 4.57. The van der Waals surface area contributed by atoms with E-state index in [9.17, 15) is 9.59 Å². The van der Waals surface area contributed by atoms with E-state index in [1.54, 1.807) is 37.1 Å². The smallest absolute Gasteiger partial charge is 0.231 e. The number of ketones is 1. The molecule has 1 fully saturated rings. The first-order valence-corrected chi connectivity index (χ1v) is 8.21. The molecule has 1 aromatic carbocycles. The van der Waals surface area contributed by atoms with Crippen molar-refractivity contribution in [2.75, 3.05) is 27.1 Å². The maximum atomic E-state index is 12.9. The van der Waals surface area contributed by atoms with Crippen LogP contribution in [0.2, 0.25) is 0 Å². The second-order valence-electron chi connectivity index (χ2n) is 6.70. The standard InChI is InChI=1S/C18H23NO5/c1-12(19(3)17(21)18(2)6-8-22-9-7-18)16(20)13-4-5-14-15(10-13)24-11-23-14/h4-5,10,12H,6-9,11H2,1-3H3. The highest BCUT2D eigenvalue weighted by Crippen LogP contribution is 2.34. The number of rotatable bonds is 4. The van der Waals surface area contributed by atoms with E-state index in [2.05, 4.69) is 0 Å². The molecule has 2 aliphatic rings. The molecule has 0 radical (unpaired) electrons. The number of hydrogen-bond acceptors (Lipinski definition) is 5. The van der Waals surface area contributed by atoms with Crippen LogP contribution >= 0.6 is 0 Å². The molecule has 0 spiro atoms. The third-order valence-corrected chi connectivity index (χ3v) is 5.05. The number of amides is 1. The minimum Gasteiger partial charge on any atom is -0.454 e. The average molecular weight is 333 g/mol. The van der Waals surface area contributed by atoms with Crippen LogP contribution in [0.1, 0.15) is 37.0 Å². The molecule has 6 nitrogen and oxygen atoms in total. The highest BCUT2D eigenvalue weighted by Gasteiger charge is 2.39. The molecule has 0 saturated carbocycles. The average Bonchev–Trinajstić information content (AvgIpc) is 3.07. The molecule has 6 heteroatoms. The Morgan fingerprint density at radius 2 is 1.83 bits per heavy atom. The van der Waals surface area contributed by atoms with Crippen LogP contribution in [-0.2, 0) is 9.53 Å². The fourth-order valence-electron chi connectivity index (χ4n) is 3.10. The first kappa shape index (κ1) is 16.8. The first-order chi connectivity index (χ1) is 11.4. The molecule has 1 unspecified atom stereocenters. The van der Waals surface area contributed by atoms with Crippen LogP contribution in [0.3, 0.4) is 0 Å². The predicted molar refractivity (Wildman–Crippen MR) is 87.3 cm³/mol. The lowest BCUT2D eigenvalue weighted by Crippen LogP contribution is -2.49. The molecule has 24 heavy (non-hydrogen) atoms. The summed E-state index contributed by atoms with van der Waals surface area (Å²) in [7, 11) is 1.69. The van der Waals surface area contributed by atoms with Crippen molar-refractivity contribution < 1.29 is 23.8 Å². The molecule has 2 aliphatic heterocycles. The Labute approximate surface area is 141 Å². The number of likely N-dealkylation sites (N-methyl/N-ethyl adjacent to an activating group) is 1. The molecule has 3 rings (SSSR count). The summed E-state index contributed by atoms with van der Waals surface area (Å²) in [6.45, 7) is 5.04. The molecule has 1 amide bonds. The molecular formula is C18H23NO5. The van der Waals surface area contributed by atoms with Crippen LogP contribution in [0.15, 0.2) is 18.2 Å². The van der Waals surface area contributed by atoms with E-state index in [1.165, 1.54) is 0 Å². The normalized spacial score (nSPS) is 19.6. The summed E-state index contributed by atoms with van der Waals surface area (Å²) in [5.74, 6) is 1.09. The van der Waals surface area contributed by atoms with Crippen molar-refractivity contribution in [3.63, 3.8) is 0 Å². The number of fused-ring (bicyclic) bond motifs is 1. The second-order valence-corrected chi connectivity index (χ2v) is 6.70. The number of ether oxygens (including phenoxy) is 3. The lowest BCUT2D eigenvalue weighted by Gasteiger charge is -2.37. The van der Waals surface area contributed by atoms with Gasteiger partial charge in [-0.3, -0.25) is 9.59 Å². The third kappa shape index (κ3) is 2.98. The first-order valence-electron chi connectivity index (χ1n) is 8.21. The van der Waals surface area contributed by atoms with Gasteiger partial charge in [0.15, 0.2) is 17.3 Å². The van der Waals surface area contributed by atoms with Crippen LogP contribution in [-0.4, -0.2) is 49.7 Å². The van der Waals surface area contributed by atoms with Gasteiger partial charge in [0.1, 0.15) is 0 Å². The summed E-state index contributed by atoms with van der Waals surface area (Å²) in [6.07, 6.45) is 1.36. The third-order valence-electron chi connectivity index (χ3n) is 5.05. The SMILES string of the molecule is CC(C(=O)c1ccc2c(c1)OCO2)N(C)C(=O)C1(C)CCOCC1. The molecule has 0 aromatic heterocycles. The van der Waals surface area contributed by atoms with Crippen LogP contribution < -0.4 is 9.47 Å². The Bertz CT molecular complexity index is 651. The zero-order valence-corrected chi connectivity index (χ0v) is 14.3. The monoisotopic (exact) mass is 333 g/mol. The fraction of sp³-hybridized carbons (Fsp3) is 0.556. The molecule has 1 aromatic rings. The summed E-state index contributed by atoms with van der Waals surface area (Å²) in [4.78, 5) is 27.2. The topological polar surface area (TPSA) is 65.1 Å². The second kappa shape index (κ2) is 6.43. The molecule has 2 heterocycles. The number of nitrogens with zero attached hydrogens (tertiary/aromatic N) is 1. The van der Waals surface area contributed by atoms with Gasteiger partial charge in [-0.15, -0.1) is 0 Å². The minimum absolute atomic E-state index is 0.00704. The van der Waals surface area contributed by atoms with Gasteiger partial charge in [-0.05, 0) is 38.0 Å². The largest absolute Gasteiger partial charge is 0.454 e. The van der Waals surface area contributed by atoms with Gasteiger partial charge in [0.2, 0.25) is 12.7 Å². The van der Waals surface area contributed by atoms with Crippen molar-refractivity contribution in [1.29, 1.82) is 0 Å². The number of benzene rings is 1. The van der Waals surface area contributed by atoms with Gasteiger partial charge >= 0.3 is 0 Å². The predicted octanol–water partition coefficient (Wildman–Crippen LogP) is 2.26. The molecule has 0 N–H and O–H groups in total. The van der Waals surface area contributed by atoms with E-state index < -0.39 is 11.5 Å². The highest BCUT2D eigenvalue weighted by atomic mass is 16.7. The van der Waals surface area contributed by atoms with Gasteiger partial charge in [-0.2, -0.15) is 0 Å². The fourth-order valence-corrected chi connectivity index (χ4v) is 3.10. The molecule has 1 atom stereocenters. The molecule has 0 bridgehead atoms. The van der Waals surface area contributed by atoms with Gasteiger partial charge in [0.25, 0.3) is 0 Å². The van der Waals surface area contributed by atoms with Gasteiger partial charge < -0.3 is 19.1 Å². The maximum absolute atomic E-state index is 12.9. The zero-order valence-electron chi connectivity index (χ0n) is 14.3. The van der Waals surface area contributed by atoms with E-state index in [1.807, 2.05) is 6.92 Å². The Kier molecular flexibility index (Phi) is 4.49. The zero-order chi connectivity index (χ0) is 17.3. The Balaban J connectivity index is 1.74. The molecule has 130 valence electrons. The van der Waals surface area contributed by atoms with Crippen molar-refractivity contribution in [3.05, 3.63) is 23.8 Å². The van der Waals surface area contributed by atoms with E-state index in [4.69, 9.17) is 14.2 Å². The Morgan fingerprint density at radius 1 is 1.17 bits per heavy atom. The molecular weight excluding hydrogens is 310 g/mol. The van der Waals surface area contributed by atoms with Crippen molar-refractivity contribution in [3.8, 4) is 11.5 Å². The summed E-state index contributed by atoms with van der Waals surface area (Å²) >= 11 is 0. The van der Waals surface area contributed by atoms with Gasteiger partial charge in [0.05, 0.1) is 11.5 Å². The van der Waals surface area contributed by atoms with Crippen molar-refractivity contribution >= 4 is 11.7 Å². The maximum Gasteiger partial charge on any atom is 0.231 e. The molecule has 1 saturated heterocycles. The summed E-state index contributed by atoms with van der Waals surface area (Å²) in [5.41, 5.74) is 0.0553. The van der Waals surface area contributed by atoms with Crippen LogP contribution in [0.4, 0.5) is 0 Å². The summed E-state index contributed by atoms with van der Waals surface area (Å²) < 4.78 is 15.9. The molecule has 0 aliphatic carbocycles.